The van der Waals surface area contributed by atoms with Gasteiger partial charge in [-0.15, -0.1) is 11.3 Å². The monoisotopic (exact) mass is 303 g/mol. The second-order valence-corrected chi connectivity index (χ2v) is 7.16. The van der Waals surface area contributed by atoms with Gasteiger partial charge in [-0.2, -0.15) is 0 Å². The fraction of sp³-hybridized carbons (Fsp3) is 0.500. The maximum absolute atomic E-state index is 11.3. The van der Waals surface area contributed by atoms with Crippen molar-refractivity contribution in [2.45, 2.75) is 37.4 Å². The van der Waals surface area contributed by atoms with Gasteiger partial charge in [0.1, 0.15) is 0 Å². The van der Waals surface area contributed by atoms with Crippen molar-refractivity contribution in [3.63, 3.8) is 0 Å². The predicted molar refractivity (Wildman–Crippen MR) is 76.4 cm³/mol. The molecule has 1 aliphatic rings. The molecule has 1 saturated heterocycles. The van der Waals surface area contributed by atoms with Crippen LogP contribution in [-0.2, 0) is 11.2 Å². The molecule has 2 heterocycles. The molecule has 0 bridgehead atoms. The minimum Gasteiger partial charge on any atom is -0.286 e. The van der Waals surface area contributed by atoms with E-state index in [2.05, 4.69) is 11.4 Å². The maximum Gasteiger partial charge on any atom is 0.286 e. The number of amides is 2. The number of imide groups is 1. The third-order valence-corrected chi connectivity index (χ3v) is 5.13. The number of carbonyl (C=O) groups is 2. The molecule has 3 nitrogen and oxygen atoms in total. The molecule has 0 spiro atoms. The Hall–Kier alpha value is -0.520. The van der Waals surface area contributed by atoms with Gasteiger partial charge in [-0.3, -0.25) is 14.9 Å². The van der Waals surface area contributed by atoms with Crippen molar-refractivity contribution in [2.24, 2.45) is 0 Å². The molecule has 0 aromatic carbocycles. The number of rotatable bonds is 6. The largest absolute Gasteiger partial charge is 0.286 e. The van der Waals surface area contributed by atoms with Crippen molar-refractivity contribution in [2.75, 3.05) is 0 Å². The minimum atomic E-state index is -0.210. The lowest BCUT2D eigenvalue weighted by Crippen LogP contribution is -2.24. The molecular weight excluding hydrogens is 290 g/mol. The first kappa shape index (κ1) is 13.9. The summed E-state index contributed by atoms with van der Waals surface area (Å²) in [5.41, 5.74) is 0. The Kier molecular flexibility index (Phi) is 5.09. The quantitative estimate of drug-likeness (QED) is 0.812. The lowest BCUT2D eigenvalue weighted by atomic mass is 10.1. The average Bonchev–Trinajstić information content (AvgIpc) is 2.85. The van der Waals surface area contributed by atoms with E-state index in [1.54, 1.807) is 11.3 Å². The van der Waals surface area contributed by atoms with Gasteiger partial charge >= 0.3 is 0 Å². The standard InChI is InChI=1S/C12H14ClNO2S2/c13-10-7-6-8(17-10)4-2-1-3-5-9-11(15)14-12(16)18-9/h6-7,9H,1-5H2,(H,14,15,16). The summed E-state index contributed by atoms with van der Waals surface area (Å²) in [6.07, 6.45) is 4.99. The molecule has 1 fully saturated rings. The van der Waals surface area contributed by atoms with Crippen LogP contribution in [-0.4, -0.2) is 16.4 Å². The zero-order chi connectivity index (χ0) is 13.0. The molecule has 1 atom stereocenters. The van der Waals surface area contributed by atoms with Gasteiger partial charge in [0, 0.05) is 4.88 Å². The predicted octanol–water partition coefficient (Wildman–Crippen LogP) is 3.86. The molecule has 0 saturated carbocycles. The first-order valence-electron chi connectivity index (χ1n) is 5.91. The van der Waals surface area contributed by atoms with Gasteiger partial charge in [0.2, 0.25) is 5.91 Å². The summed E-state index contributed by atoms with van der Waals surface area (Å²) in [6, 6.07) is 3.98. The molecular formula is C12H14ClNO2S2. The van der Waals surface area contributed by atoms with E-state index in [0.29, 0.717) is 0 Å². The van der Waals surface area contributed by atoms with Crippen LogP contribution in [0.1, 0.15) is 30.6 Å². The van der Waals surface area contributed by atoms with E-state index in [4.69, 9.17) is 11.6 Å². The van der Waals surface area contributed by atoms with E-state index < -0.39 is 0 Å². The zero-order valence-electron chi connectivity index (χ0n) is 9.78. The van der Waals surface area contributed by atoms with Gasteiger partial charge in [0.15, 0.2) is 0 Å². The number of carbonyl (C=O) groups excluding carboxylic acids is 2. The van der Waals surface area contributed by atoms with Gasteiger partial charge in [-0.25, -0.2) is 0 Å². The van der Waals surface area contributed by atoms with Crippen LogP contribution >= 0.6 is 34.7 Å². The van der Waals surface area contributed by atoms with Crippen LogP contribution in [0, 0.1) is 0 Å². The molecule has 0 radical (unpaired) electrons. The zero-order valence-corrected chi connectivity index (χ0v) is 12.2. The molecule has 98 valence electrons. The molecule has 1 N–H and O–H groups in total. The van der Waals surface area contributed by atoms with Crippen LogP contribution in [0.2, 0.25) is 4.34 Å². The molecule has 2 amide bonds. The number of hydrogen-bond donors (Lipinski definition) is 1. The summed E-state index contributed by atoms with van der Waals surface area (Å²) < 4.78 is 0.836. The van der Waals surface area contributed by atoms with Crippen LogP contribution in [0.25, 0.3) is 0 Å². The van der Waals surface area contributed by atoms with E-state index in [1.165, 1.54) is 4.88 Å². The van der Waals surface area contributed by atoms with Crippen molar-refractivity contribution in [1.29, 1.82) is 0 Å². The molecule has 1 aromatic rings. The van der Waals surface area contributed by atoms with Gasteiger partial charge in [0.25, 0.3) is 5.24 Å². The van der Waals surface area contributed by atoms with Crippen molar-refractivity contribution < 1.29 is 9.59 Å². The number of hydrogen-bond acceptors (Lipinski definition) is 4. The highest BCUT2D eigenvalue weighted by atomic mass is 35.5. The number of thiophene rings is 1. The summed E-state index contributed by atoms with van der Waals surface area (Å²) >= 11 is 8.60. The smallest absolute Gasteiger partial charge is 0.286 e. The Labute approximate surface area is 119 Å². The van der Waals surface area contributed by atoms with Crippen LogP contribution < -0.4 is 5.32 Å². The molecule has 1 aromatic heterocycles. The van der Waals surface area contributed by atoms with E-state index in [1.807, 2.05) is 6.07 Å². The third-order valence-electron chi connectivity index (χ3n) is 2.79. The molecule has 1 unspecified atom stereocenters. The third kappa shape index (κ3) is 4.00. The van der Waals surface area contributed by atoms with E-state index in [9.17, 15) is 9.59 Å². The average molecular weight is 304 g/mol. The summed E-state index contributed by atoms with van der Waals surface area (Å²) in [6.45, 7) is 0. The number of nitrogens with one attached hydrogen (secondary N) is 1. The lowest BCUT2D eigenvalue weighted by molar-refractivity contribution is -0.119. The fourth-order valence-electron chi connectivity index (χ4n) is 1.88. The second kappa shape index (κ2) is 6.59. The minimum absolute atomic E-state index is 0.130. The van der Waals surface area contributed by atoms with Gasteiger partial charge < -0.3 is 0 Å². The first-order chi connectivity index (χ1) is 8.65. The number of unbranched alkanes of at least 4 members (excludes halogenated alkanes) is 2. The maximum atomic E-state index is 11.3. The van der Waals surface area contributed by atoms with Crippen LogP contribution in [0.15, 0.2) is 12.1 Å². The van der Waals surface area contributed by atoms with Crippen LogP contribution in [0.5, 0.6) is 0 Å². The highest BCUT2D eigenvalue weighted by molar-refractivity contribution is 8.15. The Bertz CT molecular complexity index is 447. The van der Waals surface area contributed by atoms with Crippen LogP contribution in [0.3, 0.4) is 0 Å². The molecule has 2 rings (SSSR count). The van der Waals surface area contributed by atoms with Gasteiger partial charge in [-0.05, 0) is 31.4 Å². The Morgan fingerprint density at radius 1 is 1.22 bits per heavy atom. The van der Waals surface area contributed by atoms with Gasteiger partial charge in [-0.1, -0.05) is 36.2 Å². The van der Waals surface area contributed by atoms with Crippen molar-refractivity contribution >= 4 is 45.8 Å². The molecule has 18 heavy (non-hydrogen) atoms. The first-order valence-corrected chi connectivity index (χ1v) is 7.98. The second-order valence-electron chi connectivity index (χ2n) is 4.19. The van der Waals surface area contributed by atoms with Crippen molar-refractivity contribution in [1.82, 2.24) is 5.32 Å². The summed E-state index contributed by atoms with van der Waals surface area (Å²) in [4.78, 5) is 23.6. The molecule has 6 heteroatoms. The van der Waals surface area contributed by atoms with E-state index in [0.717, 1.165) is 48.2 Å². The van der Waals surface area contributed by atoms with E-state index >= 15 is 0 Å². The molecule has 0 aliphatic carbocycles. The SMILES string of the molecule is O=C1NC(=O)C(CCCCCc2ccc(Cl)s2)S1. The van der Waals surface area contributed by atoms with Crippen LogP contribution in [0.4, 0.5) is 4.79 Å². The summed E-state index contributed by atoms with van der Waals surface area (Å²) in [5, 5.41) is 1.93. The highest BCUT2D eigenvalue weighted by Crippen LogP contribution is 2.25. The number of aryl methyl sites for hydroxylation is 1. The lowest BCUT2D eigenvalue weighted by Gasteiger charge is -2.04. The number of halogens is 1. The fourth-order valence-corrected chi connectivity index (χ4v) is 3.87. The Morgan fingerprint density at radius 3 is 2.67 bits per heavy atom. The normalized spacial score (nSPS) is 19.3. The Morgan fingerprint density at radius 2 is 2.06 bits per heavy atom. The topological polar surface area (TPSA) is 46.2 Å². The highest BCUT2D eigenvalue weighted by Gasteiger charge is 2.30. The number of thioether (sulfide) groups is 1. The summed E-state index contributed by atoms with van der Waals surface area (Å²) in [7, 11) is 0. The van der Waals surface area contributed by atoms with Gasteiger partial charge in [0.05, 0.1) is 9.59 Å². The Balaban J connectivity index is 1.59. The van der Waals surface area contributed by atoms with Crippen molar-refractivity contribution in [3.05, 3.63) is 21.3 Å². The summed E-state index contributed by atoms with van der Waals surface area (Å²) in [5.74, 6) is -0.130. The van der Waals surface area contributed by atoms with E-state index in [-0.39, 0.29) is 16.4 Å². The van der Waals surface area contributed by atoms with Crippen molar-refractivity contribution in [3.8, 4) is 0 Å². The molecule has 1 aliphatic heterocycles.